The van der Waals surface area contributed by atoms with Crippen molar-refractivity contribution in [3.05, 3.63) is 29.3 Å². The van der Waals surface area contributed by atoms with E-state index in [1.165, 1.54) is 7.05 Å². The number of benzene rings is 1. The van der Waals surface area contributed by atoms with Gasteiger partial charge in [0.05, 0.1) is 0 Å². The maximum Gasteiger partial charge on any atom is 0.254 e. The van der Waals surface area contributed by atoms with Gasteiger partial charge < -0.3 is 10.2 Å². The molecule has 0 aliphatic carbocycles. The molecule has 3 nitrogen and oxygen atoms in total. The Bertz CT molecular complexity index is 433. The summed E-state index contributed by atoms with van der Waals surface area (Å²) in [5.41, 5.74) is -0.129. The van der Waals surface area contributed by atoms with Crippen LogP contribution in [-0.2, 0) is 0 Å². The van der Waals surface area contributed by atoms with Gasteiger partial charge in [0.15, 0.2) is 0 Å². The molecule has 5 heteroatoms. The first-order chi connectivity index (χ1) is 8.63. The van der Waals surface area contributed by atoms with Crippen LogP contribution in [-0.4, -0.2) is 30.9 Å². The van der Waals surface area contributed by atoms with Crippen LogP contribution in [0.5, 0.6) is 0 Å². The number of rotatable bonds is 2. The van der Waals surface area contributed by atoms with Gasteiger partial charge in [0.25, 0.3) is 5.91 Å². The van der Waals surface area contributed by atoms with E-state index in [4.69, 9.17) is 0 Å². The van der Waals surface area contributed by atoms with Crippen molar-refractivity contribution in [2.24, 2.45) is 0 Å². The number of carbonyl (C=O) groups excluding carboxylic acids is 1. The fraction of sp³-hybridized carbons (Fsp3) is 0.462. The van der Waals surface area contributed by atoms with E-state index in [0.29, 0.717) is 13.1 Å². The van der Waals surface area contributed by atoms with Crippen molar-refractivity contribution in [3.63, 3.8) is 0 Å². The Morgan fingerprint density at radius 1 is 1.17 bits per heavy atom. The highest BCUT2D eigenvalue weighted by Gasteiger charge is 2.20. The van der Waals surface area contributed by atoms with Gasteiger partial charge in [-0.25, -0.2) is 8.78 Å². The van der Waals surface area contributed by atoms with Crippen molar-refractivity contribution in [2.75, 3.05) is 25.5 Å². The number of piperidine rings is 1. The first-order valence-corrected chi connectivity index (χ1v) is 6.09. The topological polar surface area (TPSA) is 32.3 Å². The van der Waals surface area contributed by atoms with Gasteiger partial charge in [-0.1, -0.05) is 0 Å². The molecule has 0 atom stereocenters. The SMILES string of the molecule is CNc1c(F)cc(C(=O)N2CCCCC2)cc1F. The summed E-state index contributed by atoms with van der Waals surface area (Å²) in [6.07, 6.45) is 3.00. The second kappa shape index (κ2) is 5.33. The second-order valence-corrected chi connectivity index (χ2v) is 4.42. The quantitative estimate of drug-likeness (QED) is 0.880. The van der Waals surface area contributed by atoms with Crippen molar-refractivity contribution in [1.82, 2.24) is 4.90 Å². The smallest absolute Gasteiger partial charge is 0.254 e. The molecule has 0 aromatic heterocycles. The van der Waals surface area contributed by atoms with E-state index in [1.807, 2.05) is 0 Å². The highest BCUT2D eigenvalue weighted by Crippen LogP contribution is 2.22. The maximum atomic E-state index is 13.6. The average Bonchev–Trinajstić information content (AvgIpc) is 2.38. The number of halogens is 2. The molecule has 1 aromatic rings. The lowest BCUT2D eigenvalue weighted by molar-refractivity contribution is 0.0723. The summed E-state index contributed by atoms with van der Waals surface area (Å²) in [6.45, 7) is 1.33. The maximum absolute atomic E-state index is 13.6. The van der Waals surface area contributed by atoms with E-state index in [0.717, 1.165) is 31.4 Å². The van der Waals surface area contributed by atoms with Crippen molar-refractivity contribution in [2.45, 2.75) is 19.3 Å². The molecule has 2 rings (SSSR count). The number of amides is 1. The number of hydrogen-bond donors (Lipinski definition) is 1. The second-order valence-electron chi connectivity index (χ2n) is 4.42. The third kappa shape index (κ3) is 2.44. The average molecular weight is 254 g/mol. The van der Waals surface area contributed by atoms with Gasteiger partial charge in [-0.3, -0.25) is 4.79 Å². The van der Waals surface area contributed by atoms with Gasteiger partial charge in [-0.2, -0.15) is 0 Å². The fourth-order valence-electron chi connectivity index (χ4n) is 2.22. The summed E-state index contributed by atoms with van der Waals surface area (Å²) >= 11 is 0. The van der Waals surface area contributed by atoms with Gasteiger partial charge in [-0.15, -0.1) is 0 Å². The molecule has 1 aliphatic rings. The Hall–Kier alpha value is -1.65. The van der Waals surface area contributed by atoms with E-state index in [2.05, 4.69) is 5.32 Å². The van der Waals surface area contributed by atoms with Gasteiger partial charge in [0, 0.05) is 25.7 Å². The van der Waals surface area contributed by atoms with Gasteiger partial charge in [0.1, 0.15) is 17.3 Å². The zero-order chi connectivity index (χ0) is 13.1. The van der Waals surface area contributed by atoms with Crippen LogP contribution in [0.3, 0.4) is 0 Å². The highest BCUT2D eigenvalue weighted by atomic mass is 19.1. The molecule has 0 unspecified atom stereocenters. The Morgan fingerprint density at radius 3 is 2.22 bits per heavy atom. The molecule has 1 saturated heterocycles. The summed E-state index contributed by atoms with van der Waals surface area (Å²) in [5, 5.41) is 2.43. The molecular formula is C13H16F2N2O. The predicted octanol–water partition coefficient (Wildman–Crippen LogP) is 2.63. The Labute approximate surface area is 105 Å². The first kappa shape index (κ1) is 12.8. The molecule has 98 valence electrons. The predicted molar refractivity (Wildman–Crippen MR) is 65.7 cm³/mol. The number of nitrogens with zero attached hydrogens (tertiary/aromatic N) is 1. The lowest BCUT2D eigenvalue weighted by Crippen LogP contribution is -2.35. The van der Waals surface area contributed by atoms with Crippen LogP contribution in [0, 0.1) is 11.6 Å². The van der Waals surface area contributed by atoms with E-state index in [9.17, 15) is 13.6 Å². The van der Waals surface area contributed by atoms with Crippen LogP contribution >= 0.6 is 0 Å². The zero-order valence-electron chi connectivity index (χ0n) is 10.3. The zero-order valence-corrected chi connectivity index (χ0v) is 10.3. The minimum atomic E-state index is -0.738. The number of anilines is 1. The van der Waals surface area contributed by atoms with Gasteiger partial charge in [0.2, 0.25) is 0 Å². The van der Waals surface area contributed by atoms with E-state index >= 15 is 0 Å². The Kier molecular flexibility index (Phi) is 3.79. The largest absolute Gasteiger partial charge is 0.383 e. The van der Waals surface area contributed by atoms with Crippen LogP contribution in [0.25, 0.3) is 0 Å². The number of nitrogens with one attached hydrogen (secondary N) is 1. The molecular weight excluding hydrogens is 238 g/mol. The molecule has 0 saturated carbocycles. The van der Waals surface area contributed by atoms with Crippen molar-refractivity contribution < 1.29 is 13.6 Å². The molecule has 18 heavy (non-hydrogen) atoms. The van der Waals surface area contributed by atoms with Crippen LogP contribution in [0.15, 0.2) is 12.1 Å². The third-order valence-electron chi connectivity index (χ3n) is 3.18. The summed E-state index contributed by atoms with van der Waals surface area (Å²) in [4.78, 5) is 13.7. The molecule has 0 spiro atoms. The molecule has 0 radical (unpaired) electrons. The summed E-state index contributed by atoms with van der Waals surface area (Å²) in [6, 6.07) is 2.18. The van der Waals surface area contributed by atoms with Crippen molar-refractivity contribution >= 4 is 11.6 Å². The standard InChI is InChI=1S/C13H16F2N2O/c1-16-12-10(14)7-9(8-11(12)15)13(18)17-5-3-2-4-6-17/h7-8,16H,2-6H2,1H3. The van der Waals surface area contributed by atoms with E-state index in [-0.39, 0.29) is 17.2 Å². The van der Waals surface area contributed by atoms with Crippen molar-refractivity contribution in [3.8, 4) is 0 Å². The molecule has 1 amide bonds. The molecule has 0 bridgehead atoms. The minimum absolute atomic E-state index is 0.0749. The fourth-order valence-corrected chi connectivity index (χ4v) is 2.22. The Morgan fingerprint density at radius 2 is 1.72 bits per heavy atom. The van der Waals surface area contributed by atoms with Crippen LogP contribution in [0.4, 0.5) is 14.5 Å². The molecule has 1 N–H and O–H groups in total. The number of carbonyl (C=O) groups is 1. The summed E-state index contributed by atoms with van der Waals surface area (Å²) in [5.74, 6) is -1.77. The number of hydrogen-bond acceptors (Lipinski definition) is 2. The molecule has 1 aromatic carbocycles. The van der Waals surface area contributed by atoms with E-state index < -0.39 is 11.6 Å². The minimum Gasteiger partial charge on any atom is -0.383 e. The lowest BCUT2D eigenvalue weighted by Gasteiger charge is -2.26. The third-order valence-corrected chi connectivity index (χ3v) is 3.18. The van der Waals surface area contributed by atoms with Crippen molar-refractivity contribution in [1.29, 1.82) is 0 Å². The van der Waals surface area contributed by atoms with Crippen LogP contribution in [0.2, 0.25) is 0 Å². The van der Waals surface area contributed by atoms with Gasteiger partial charge in [-0.05, 0) is 31.4 Å². The lowest BCUT2D eigenvalue weighted by atomic mass is 10.1. The van der Waals surface area contributed by atoms with Gasteiger partial charge >= 0.3 is 0 Å². The summed E-state index contributed by atoms with van der Waals surface area (Å²) < 4.78 is 27.1. The highest BCUT2D eigenvalue weighted by molar-refractivity contribution is 5.94. The molecule has 1 heterocycles. The van der Waals surface area contributed by atoms with Crippen LogP contribution in [0.1, 0.15) is 29.6 Å². The normalized spacial score (nSPS) is 15.6. The van der Waals surface area contributed by atoms with Crippen LogP contribution < -0.4 is 5.32 Å². The first-order valence-electron chi connectivity index (χ1n) is 6.09. The summed E-state index contributed by atoms with van der Waals surface area (Å²) in [7, 11) is 1.44. The van der Waals surface area contributed by atoms with E-state index in [1.54, 1.807) is 4.90 Å². The molecule has 1 fully saturated rings. The monoisotopic (exact) mass is 254 g/mol. The number of likely N-dealkylation sites (tertiary alicyclic amines) is 1. The molecule has 1 aliphatic heterocycles. The Balaban J connectivity index is 2.25.